The maximum Gasteiger partial charge on any atom is 0.0726 e. The van der Waals surface area contributed by atoms with Crippen molar-refractivity contribution in [3.63, 3.8) is 0 Å². The summed E-state index contributed by atoms with van der Waals surface area (Å²) in [6.07, 6.45) is 0. The zero-order valence-electron chi connectivity index (χ0n) is 22.9. The Labute approximate surface area is 243 Å². The van der Waals surface area contributed by atoms with Crippen molar-refractivity contribution >= 4 is 32.6 Å². The summed E-state index contributed by atoms with van der Waals surface area (Å²) in [5.74, 6) is 0. The lowest BCUT2D eigenvalue weighted by molar-refractivity contribution is 0.775. The van der Waals surface area contributed by atoms with Gasteiger partial charge in [-0.3, -0.25) is 0 Å². The molecule has 10 rings (SSSR count). The van der Waals surface area contributed by atoms with Gasteiger partial charge in [-0.25, -0.2) is 0 Å². The molecule has 194 valence electrons. The molecule has 1 aromatic heterocycles. The predicted octanol–water partition coefficient (Wildman–Crippen LogP) is 10.3. The van der Waals surface area contributed by atoms with Gasteiger partial charge in [0, 0.05) is 16.5 Å². The van der Waals surface area contributed by atoms with Gasteiger partial charge >= 0.3 is 0 Å². The zero-order chi connectivity index (χ0) is 27.4. The second kappa shape index (κ2) is 7.87. The first-order valence-electron chi connectivity index (χ1n) is 14.7. The molecule has 0 saturated carbocycles. The summed E-state index contributed by atoms with van der Waals surface area (Å²) in [6, 6.07) is 56.5. The van der Waals surface area contributed by atoms with E-state index >= 15 is 0 Å². The number of hydrogen-bond acceptors (Lipinski definition) is 0. The van der Waals surface area contributed by atoms with E-state index in [-0.39, 0.29) is 0 Å². The van der Waals surface area contributed by atoms with Gasteiger partial charge in [0.25, 0.3) is 0 Å². The van der Waals surface area contributed by atoms with E-state index in [0.29, 0.717) is 0 Å². The Morgan fingerprint density at radius 1 is 0.381 bits per heavy atom. The van der Waals surface area contributed by atoms with Crippen molar-refractivity contribution in [2.45, 2.75) is 5.41 Å². The van der Waals surface area contributed by atoms with Gasteiger partial charge in [-0.2, -0.15) is 0 Å². The predicted molar refractivity (Wildman–Crippen MR) is 175 cm³/mol. The van der Waals surface area contributed by atoms with Crippen LogP contribution in [0.5, 0.6) is 0 Å². The average molecular weight is 532 g/mol. The fourth-order valence-corrected chi connectivity index (χ4v) is 8.24. The Morgan fingerprint density at radius 3 is 1.79 bits per heavy atom. The van der Waals surface area contributed by atoms with Gasteiger partial charge < -0.3 is 4.57 Å². The quantitative estimate of drug-likeness (QED) is 0.199. The van der Waals surface area contributed by atoms with E-state index in [0.717, 1.165) is 0 Å². The van der Waals surface area contributed by atoms with E-state index in [1.165, 1.54) is 82.8 Å². The molecule has 7 aromatic carbocycles. The van der Waals surface area contributed by atoms with Crippen LogP contribution in [0, 0.1) is 0 Å². The highest BCUT2D eigenvalue weighted by molar-refractivity contribution is 6.14. The molecule has 0 aliphatic heterocycles. The first-order valence-corrected chi connectivity index (χ1v) is 14.7. The minimum atomic E-state index is -0.402. The van der Waals surface area contributed by atoms with Crippen LogP contribution in [0.1, 0.15) is 22.3 Å². The van der Waals surface area contributed by atoms with Crippen LogP contribution in [-0.2, 0) is 5.41 Å². The number of hydrogen-bond donors (Lipinski definition) is 0. The molecule has 0 N–H and O–H groups in total. The van der Waals surface area contributed by atoms with Crippen LogP contribution in [-0.4, -0.2) is 4.57 Å². The molecule has 0 fully saturated rings. The Kier molecular flexibility index (Phi) is 4.18. The van der Waals surface area contributed by atoms with Crippen molar-refractivity contribution in [1.29, 1.82) is 0 Å². The van der Waals surface area contributed by atoms with Gasteiger partial charge in [0.05, 0.1) is 16.4 Å². The maximum atomic E-state index is 2.53. The van der Waals surface area contributed by atoms with Gasteiger partial charge in [0.15, 0.2) is 0 Å². The standard InChI is InChI=1S/C41H25N/c1-2-14-27(15-3-1)42-38-23-9-6-18-30(38)33-24-37-32(25-39(33)42)31-19-10-12-26-13-11-22-36(40(26)31)41(37)34-20-7-4-16-28(34)29-17-5-8-21-35(29)41/h1-25H. The van der Waals surface area contributed by atoms with Crippen molar-refractivity contribution < 1.29 is 0 Å². The lowest BCUT2D eigenvalue weighted by atomic mass is 9.61. The largest absolute Gasteiger partial charge is 0.309 e. The van der Waals surface area contributed by atoms with Crippen LogP contribution in [0.15, 0.2) is 152 Å². The van der Waals surface area contributed by atoms with Crippen LogP contribution in [0.4, 0.5) is 0 Å². The van der Waals surface area contributed by atoms with Crippen LogP contribution < -0.4 is 0 Å². The van der Waals surface area contributed by atoms with Gasteiger partial charge in [-0.15, -0.1) is 0 Å². The van der Waals surface area contributed by atoms with Crippen molar-refractivity contribution in [1.82, 2.24) is 4.57 Å². The first-order chi connectivity index (χ1) is 20.9. The van der Waals surface area contributed by atoms with E-state index in [4.69, 9.17) is 0 Å². The fourth-order valence-electron chi connectivity index (χ4n) is 8.24. The summed E-state index contributed by atoms with van der Waals surface area (Å²) in [5.41, 5.74) is 14.1. The van der Waals surface area contributed by atoms with E-state index in [1.54, 1.807) is 0 Å². The zero-order valence-corrected chi connectivity index (χ0v) is 22.9. The second-order valence-corrected chi connectivity index (χ2v) is 11.7. The number of fused-ring (bicyclic) bond motifs is 12. The fraction of sp³-hybridized carbons (Fsp3) is 0.0244. The molecule has 2 aliphatic carbocycles. The number of para-hydroxylation sites is 2. The van der Waals surface area contributed by atoms with Gasteiger partial charge in [0.1, 0.15) is 0 Å². The number of benzene rings is 7. The average Bonchev–Trinajstić information content (AvgIpc) is 3.54. The van der Waals surface area contributed by atoms with E-state index < -0.39 is 5.41 Å². The molecule has 1 spiro atoms. The second-order valence-electron chi connectivity index (χ2n) is 11.7. The highest BCUT2D eigenvalue weighted by Gasteiger charge is 2.50. The van der Waals surface area contributed by atoms with Crippen molar-refractivity contribution in [2.75, 3.05) is 0 Å². The molecular formula is C41H25N. The van der Waals surface area contributed by atoms with Crippen LogP contribution in [0.3, 0.4) is 0 Å². The monoisotopic (exact) mass is 531 g/mol. The Balaban J connectivity index is 1.47. The molecular weight excluding hydrogens is 506 g/mol. The summed E-state index contributed by atoms with van der Waals surface area (Å²) in [7, 11) is 0. The highest BCUT2D eigenvalue weighted by Crippen LogP contribution is 2.62. The first kappa shape index (κ1) is 22.3. The minimum absolute atomic E-state index is 0.402. The molecule has 0 unspecified atom stereocenters. The summed E-state index contributed by atoms with van der Waals surface area (Å²) >= 11 is 0. The SMILES string of the molecule is c1ccc(-n2c3ccccc3c3cc4c(cc32)-c2cccc3cccc(c23)C42c3ccccc3-c3ccccc32)cc1. The molecule has 1 heteroatoms. The molecule has 8 aromatic rings. The van der Waals surface area contributed by atoms with Gasteiger partial charge in [-0.05, 0) is 85.6 Å². The van der Waals surface area contributed by atoms with Crippen LogP contribution in [0.2, 0.25) is 0 Å². The van der Waals surface area contributed by atoms with Crippen molar-refractivity contribution in [3.05, 3.63) is 174 Å². The Bertz CT molecular complexity index is 2360. The van der Waals surface area contributed by atoms with Crippen LogP contribution in [0.25, 0.3) is 60.5 Å². The van der Waals surface area contributed by atoms with E-state index in [1.807, 2.05) is 0 Å². The molecule has 0 bridgehead atoms. The number of nitrogens with zero attached hydrogens (tertiary/aromatic N) is 1. The number of aromatic nitrogens is 1. The summed E-state index contributed by atoms with van der Waals surface area (Å²) in [6.45, 7) is 0. The third kappa shape index (κ3) is 2.56. The highest BCUT2D eigenvalue weighted by atomic mass is 15.0. The number of rotatable bonds is 1. The van der Waals surface area contributed by atoms with Crippen LogP contribution >= 0.6 is 0 Å². The maximum absolute atomic E-state index is 2.53. The molecule has 1 nitrogen and oxygen atoms in total. The third-order valence-electron chi connectivity index (χ3n) is 9.78. The molecule has 0 radical (unpaired) electrons. The smallest absolute Gasteiger partial charge is 0.0726 e. The molecule has 42 heavy (non-hydrogen) atoms. The molecule has 1 heterocycles. The Morgan fingerprint density at radius 2 is 1.00 bits per heavy atom. The lowest BCUT2D eigenvalue weighted by Gasteiger charge is -2.40. The molecule has 0 amide bonds. The minimum Gasteiger partial charge on any atom is -0.309 e. The Hall–Kier alpha value is -5.40. The summed E-state index contributed by atoms with van der Waals surface area (Å²) < 4.78 is 2.44. The van der Waals surface area contributed by atoms with Crippen molar-refractivity contribution in [2.24, 2.45) is 0 Å². The molecule has 2 aliphatic rings. The van der Waals surface area contributed by atoms with Gasteiger partial charge in [-0.1, -0.05) is 121 Å². The van der Waals surface area contributed by atoms with Gasteiger partial charge in [0.2, 0.25) is 0 Å². The van der Waals surface area contributed by atoms with E-state index in [2.05, 4.69) is 156 Å². The van der Waals surface area contributed by atoms with E-state index in [9.17, 15) is 0 Å². The topological polar surface area (TPSA) is 4.93 Å². The summed E-state index contributed by atoms with van der Waals surface area (Å²) in [5, 5.41) is 5.23. The normalized spacial score (nSPS) is 13.9. The summed E-state index contributed by atoms with van der Waals surface area (Å²) in [4.78, 5) is 0. The third-order valence-corrected chi connectivity index (χ3v) is 9.78. The van der Waals surface area contributed by atoms with Crippen molar-refractivity contribution in [3.8, 4) is 27.9 Å². The molecule has 0 atom stereocenters. The lowest BCUT2D eigenvalue weighted by Crippen LogP contribution is -2.31. The molecule has 0 saturated heterocycles.